The maximum atomic E-state index is 11.5. The molecule has 0 saturated heterocycles. The van der Waals surface area contributed by atoms with Crippen molar-refractivity contribution in [2.75, 3.05) is 12.3 Å². The molecule has 4 N–H and O–H groups in total. The number of anilines is 1. The third-order valence-corrected chi connectivity index (χ3v) is 1.93. The number of carboxylic acids is 1. The van der Waals surface area contributed by atoms with Gasteiger partial charge in [0.25, 0.3) is 5.91 Å². The monoisotopic (exact) mass is 224 g/mol. The molecule has 1 aromatic rings. The van der Waals surface area contributed by atoms with Gasteiger partial charge in [-0.05, 0) is 0 Å². The number of aromatic nitrogens is 2. The first-order valence-electron chi connectivity index (χ1n) is 4.60. The number of aliphatic carboxylic acids is 1. The molecule has 0 saturated carbocycles. The molecule has 7 nitrogen and oxygen atoms in total. The highest BCUT2D eigenvalue weighted by atomic mass is 16.4. The molecule has 1 heterocycles. The van der Waals surface area contributed by atoms with Crippen LogP contribution in [0.15, 0.2) is 12.4 Å². The van der Waals surface area contributed by atoms with Crippen LogP contribution in [0.25, 0.3) is 0 Å². The zero-order valence-corrected chi connectivity index (χ0v) is 8.67. The van der Waals surface area contributed by atoms with Crippen LogP contribution in [-0.2, 0) is 4.79 Å². The second-order valence-corrected chi connectivity index (χ2v) is 3.24. The van der Waals surface area contributed by atoms with Crippen LogP contribution in [0.5, 0.6) is 0 Å². The maximum absolute atomic E-state index is 11.5. The van der Waals surface area contributed by atoms with E-state index in [1.165, 1.54) is 19.3 Å². The highest BCUT2D eigenvalue weighted by Crippen LogP contribution is 2.02. The average Bonchev–Trinajstić information content (AvgIpc) is 2.25. The quantitative estimate of drug-likeness (QED) is 0.635. The summed E-state index contributed by atoms with van der Waals surface area (Å²) in [6, 6.07) is 0. The number of carboxylic acid groups (broad SMARTS) is 1. The van der Waals surface area contributed by atoms with Gasteiger partial charge in [0.2, 0.25) is 0 Å². The Morgan fingerprint density at radius 2 is 2.12 bits per heavy atom. The number of hydrogen-bond acceptors (Lipinski definition) is 5. The van der Waals surface area contributed by atoms with Gasteiger partial charge in [-0.3, -0.25) is 9.59 Å². The van der Waals surface area contributed by atoms with E-state index >= 15 is 0 Å². The average molecular weight is 224 g/mol. The number of hydrogen-bond donors (Lipinski definition) is 3. The van der Waals surface area contributed by atoms with Crippen LogP contribution >= 0.6 is 0 Å². The van der Waals surface area contributed by atoms with Gasteiger partial charge >= 0.3 is 5.97 Å². The Kier molecular flexibility index (Phi) is 3.76. The van der Waals surface area contributed by atoms with Crippen molar-refractivity contribution in [2.45, 2.75) is 6.92 Å². The Bertz CT molecular complexity index is 407. The summed E-state index contributed by atoms with van der Waals surface area (Å²) in [5.41, 5.74) is 5.44. The Morgan fingerprint density at radius 1 is 1.50 bits per heavy atom. The fourth-order valence-electron chi connectivity index (χ4n) is 0.941. The molecule has 1 aromatic heterocycles. The third kappa shape index (κ3) is 2.91. The minimum atomic E-state index is -0.979. The van der Waals surface area contributed by atoms with Crippen molar-refractivity contribution >= 4 is 17.7 Å². The van der Waals surface area contributed by atoms with Gasteiger partial charge in [0.1, 0.15) is 0 Å². The van der Waals surface area contributed by atoms with Gasteiger partial charge in [0.05, 0.1) is 5.92 Å². The van der Waals surface area contributed by atoms with E-state index in [1.807, 2.05) is 0 Å². The third-order valence-electron chi connectivity index (χ3n) is 1.93. The van der Waals surface area contributed by atoms with E-state index in [4.69, 9.17) is 10.8 Å². The van der Waals surface area contributed by atoms with Crippen molar-refractivity contribution in [3.05, 3.63) is 18.1 Å². The maximum Gasteiger partial charge on any atom is 0.308 e. The van der Waals surface area contributed by atoms with Crippen LogP contribution in [0.1, 0.15) is 17.4 Å². The summed E-state index contributed by atoms with van der Waals surface area (Å²) in [4.78, 5) is 29.5. The summed E-state index contributed by atoms with van der Waals surface area (Å²) < 4.78 is 0. The van der Waals surface area contributed by atoms with Gasteiger partial charge in [-0.15, -0.1) is 0 Å². The minimum Gasteiger partial charge on any atom is -0.481 e. The lowest BCUT2D eigenvalue weighted by molar-refractivity contribution is -0.140. The Labute approximate surface area is 91.7 Å². The number of carbonyl (C=O) groups is 2. The van der Waals surface area contributed by atoms with Crippen molar-refractivity contribution in [3.8, 4) is 0 Å². The van der Waals surface area contributed by atoms with E-state index in [0.717, 1.165) is 0 Å². The molecule has 0 radical (unpaired) electrons. The summed E-state index contributed by atoms with van der Waals surface area (Å²) in [7, 11) is 0. The van der Waals surface area contributed by atoms with E-state index in [-0.39, 0.29) is 18.1 Å². The molecule has 0 spiro atoms. The predicted octanol–water partition coefficient (Wildman–Crippen LogP) is -0.491. The summed E-state index contributed by atoms with van der Waals surface area (Å²) in [6.07, 6.45) is 2.71. The van der Waals surface area contributed by atoms with E-state index in [2.05, 4.69) is 15.3 Å². The molecular weight excluding hydrogens is 212 g/mol. The van der Waals surface area contributed by atoms with Crippen LogP contribution in [0, 0.1) is 5.92 Å². The molecule has 1 atom stereocenters. The van der Waals surface area contributed by atoms with Crippen molar-refractivity contribution in [1.82, 2.24) is 15.3 Å². The summed E-state index contributed by atoms with van der Waals surface area (Å²) >= 11 is 0. The molecule has 0 fully saturated rings. The van der Waals surface area contributed by atoms with Gasteiger partial charge in [0, 0.05) is 18.9 Å². The first-order valence-corrected chi connectivity index (χ1v) is 4.60. The highest BCUT2D eigenvalue weighted by molar-refractivity contribution is 5.96. The standard InChI is InChI=1S/C9H12N4O3/c1-5(9(15)16)4-13-8(14)6-7(10)12-3-2-11-6/h2-3,5H,4H2,1H3,(H2,10,12)(H,13,14)(H,15,16). The lowest BCUT2D eigenvalue weighted by atomic mass is 10.2. The minimum absolute atomic E-state index is 0.0000822. The first kappa shape index (κ1) is 11.9. The molecule has 0 aliphatic rings. The molecule has 0 aliphatic heterocycles. The largest absolute Gasteiger partial charge is 0.481 e. The van der Waals surface area contributed by atoms with Crippen LogP contribution in [0.4, 0.5) is 5.82 Å². The van der Waals surface area contributed by atoms with Gasteiger partial charge in [0.15, 0.2) is 11.5 Å². The molecule has 0 aromatic carbocycles. The number of nitrogens with zero attached hydrogens (tertiary/aromatic N) is 2. The van der Waals surface area contributed by atoms with Crippen LogP contribution < -0.4 is 11.1 Å². The van der Waals surface area contributed by atoms with Crippen molar-refractivity contribution in [1.29, 1.82) is 0 Å². The molecule has 1 unspecified atom stereocenters. The molecule has 1 rings (SSSR count). The second kappa shape index (κ2) is 5.06. The van der Waals surface area contributed by atoms with E-state index in [9.17, 15) is 9.59 Å². The first-order chi connectivity index (χ1) is 7.52. The van der Waals surface area contributed by atoms with Crippen molar-refractivity contribution in [3.63, 3.8) is 0 Å². The molecule has 16 heavy (non-hydrogen) atoms. The fraction of sp³-hybridized carbons (Fsp3) is 0.333. The van der Waals surface area contributed by atoms with Crippen LogP contribution in [0.2, 0.25) is 0 Å². The second-order valence-electron chi connectivity index (χ2n) is 3.24. The van der Waals surface area contributed by atoms with Gasteiger partial charge in [-0.1, -0.05) is 6.92 Å². The van der Waals surface area contributed by atoms with E-state index in [0.29, 0.717) is 0 Å². The number of carbonyl (C=O) groups excluding carboxylic acids is 1. The van der Waals surface area contributed by atoms with Gasteiger partial charge in [-0.2, -0.15) is 0 Å². The molecule has 7 heteroatoms. The van der Waals surface area contributed by atoms with E-state index < -0.39 is 17.8 Å². The Balaban J connectivity index is 2.60. The number of nitrogens with two attached hydrogens (primary N) is 1. The van der Waals surface area contributed by atoms with Crippen molar-refractivity contribution in [2.24, 2.45) is 5.92 Å². The number of nitrogens with one attached hydrogen (secondary N) is 1. The SMILES string of the molecule is CC(CNC(=O)c1nccnc1N)C(=O)O. The Morgan fingerprint density at radius 3 is 2.69 bits per heavy atom. The molecule has 0 aliphatic carbocycles. The summed E-state index contributed by atoms with van der Waals surface area (Å²) in [5, 5.41) is 11.0. The fourth-order valence-corrected chi connectivity index (χ4v) is 0.941. The smallest absolute Gasteiger partial charge is 0.308 e. The number of amides is 1. The molecular formula is C9H12N4O3. The topological polar surface area (TPSA) is 118 Å². The lowest BCUT2D eigenvalue weighted by Crippen LogP contribution is -2.32. The van der Waals surface area contributed by atoms with E-state index in [1.54, 1.807) is 0 Å². The van der Waals surface area contributed by atoms with Gasteiger partial charge < -0.3 is 16.2 Å². The van der Waals surface area contributed by atoms with Crippen LogP contribution in [-0.4, -0.2) is 33.5 Å². The Hall–Kier alpha value is -2.18. The molecule has 86 valence electrons. The lowest BCUT2D eigenvalue weighted by Gasteiger charge is -2.08. The van der Waals surface area contributed by atoms with Crippen LogP contribution in [0.3, 0.4) is 0 Å². The highest BCUT2D eigenvalue weighted by Gasteiger charge is 2.15. The molecule has 1 amide bonds. The van der Waals surface area contributed by atoms with Crippen molar-refractivity contribution < 1.29 is 14.7 Å². The predicted molar refractivity (Wildman–Crippen MR) is 55.6 cm³/mol. The zero-order valence-electron chi connectivity index (χ0n) is 8.67. The molecule has 0 bridgehead atoms. The number of nitrogen functional groups attached to an aromatic ring is 1. The number of rotatable bonds is 4. The van der Waals surface area contributed by atoms with Gasteiger partial charge in [-0.25, -0.2) is 9.97 Å². The zero-order chi connectivity index (χ0) is 12.1. The normalized spacial score (nSPS) is 11.8. The summed E-state index contributed by atoms with van der Waals surface area (Å²) in [5.74, 6) is -2.16. The summed E-state index contributed by atoms with van der Waals surface area (Å²) in [6.45, 7) is 1.51.